The normalized spacial score (nSPS) is 27.4. The van der Waals surface area contributed by atoms with Gasteiger partial charge in [-0.3, -0.25) is 4.90 Å². The molecule has 2 saturated heterocycles. The van der Waals surface area contributed by atoms with Crippen LogP contribution in [0.1, 0.15) is 30.7 Å². The van der Waals surface area contributed by atoms with E-state index in [-0.39, 0.29) is 0 Å². The van der Waals surface area contributed by atoms with Crippen LogP contribution >= 0.6 is 0 Å². The van der Waals surface area contributed by atoms with Gasteiger partial charge in [0.2, 0.25) is 0 Å². The Morgan fingerprint density at radius 3 is 2.84 bits per heavy atom. The molecule has 0 aromatic carbocycles. The fourth-order valence-electron chi connectivity index (χ4n) is 3.08. The smallest absolute Gasteiger partial charge is 0.153 e. The van der Waals surface area contributed by atoms with Crippen LogP contribution in [0.25, 0.3) is 0 Å². The van der Waals surface area contributed by atoms with Crippen molar-refractivity contribution < 1.29 is 4.74 Å². The zero-order valence-electron chi connectivity index (χ0n) is 11.5. The highest BCUT2D eigenvalue weighted by atomic mass is 16.5. The summed E-state index contributed by atoms with van der Waals surface area (Å²) in [5.41, 5.74) is 1.19. The molecule has 2 bridgehead atoms. The second-order valence-electron chi connectivity index (χ2n) is 5.60. The molecular weight excluding hydrogens is 240 g/mol. The second kappa shape index (κ2) is 5.94. The summed E-state index contributed by atoms with van der Waals surface area (Å²) in [6.45, 7) is 3.76. The summed E-state index contributed by atoms with van der Waals surface area (Å²) in [5, 5.41) is 3.70. The minimum atomic E-state index is 0.484. The molecule has 5 heteroatoms. The van der Waals surface area contributed by atoms with Crippen molar-refractivity contribution in [1.29, 1.82) is 0 Å². The van der Waals surface area contributed by atoms with Crippen LogP contribution in [0, 0.1) is 0 Å². The second-order valence-corrected chi connectivity index (χ2v) is 5.60. The average Bonchev–Trinajstić information content (AvgIpc) is 2.75. The molecule has 104 valence electrons. The molecule has 1 N–H and O–H groups in total. The lowest BCUT2D eigenvalue weighted by atomic mass is 10.1. The number of hydrogen-bond donors (Lipinski definition) is 1. The highest BCUT2D eigenvalue weighted by molar-refractivity contribution is 5.05. The zero-order valence-corrected chi connectivity index (χ0v) is 11.5. The van der Waals surface area contributed by atoms with Gasteiger partial charge in [-0.15, -0.1) is 0 Å². The molecule has 3 rings (SSSR count). The van der Waals surface area contributed by atoms with Gasteiger partial charge in [-0.2, -0.15) is 0 Å². The largest absolute Gasteiger partial charge is 0.377 e. The Morgan fingerprint density at radius 2 is 2.05 bits per heavy atom. The molecule has 0 aliphatic carbocycles. The molecule has 19 heavy (non-hydrogen) atoms. The van der Waals surface area contributed by atoms with Gasteiger partial charge in [0.1, 0.15) is 6.61 Å². The summed E-state index contributed by atoms with van der Waals surface area (Å²) in [4.78, 5) is 11.2. The van der Waals surface area contributed by atoms with Crippen molar-refractivity contribution in [2.75, 3.05) is 20.2 Å². The van der Waals surface area contributed by atoms with Gasteiger partial charge in [-0.05, 0) is 19.3 Å². The minimum Gasteiger partial charge on any atom is -0.377 e. The molecule has 0 spiro atoms. The lowest BCUT2D eigenvalue weighted by Crippen LogP contribution is -2.35. The highest BCUT2D eigenvalue weighted by Gasteiger charge is 2.29. The van der Waals surface area contributed by atoms with E-state index in [2.05, 4.69) is 20.2 Å². The Morgan fingerprint density at radius 1 is 1.26 bits per heavy atom. The van der Waals surface area contributed by atoms with Crippen LogP contribution < -0.4 is 5.32 Å². The van der Waals surface area contributed by atoms with Crippen LogP contribution in [-0.2, 0) is 17.9 Å². The van der Waals surface area contributed by atoms with E-state index in [9.17, 15) is 0 Å². The van der Waals surface area contributed by atoms with Crippen molar-refractivity contribution in [1.82, 2.24) is 20.2 Å². The summed E-state index contributed by atoms with van der Waals surface area (Å²) >= 11 is 0. The summed E-state index contributed by atoms with van der Waals surface area (Å²) in [6, 6.07) is 1.43. The van der Waals surface area contributed by atoms with Crippen molar-refractivity contribution in [3.8, 4) is 0 Å². The summed E-state index contributed by atoms with van der Waals surface area (Å²) in [7, 11) is 1.66. The standard InChI is InChI=1S/C14H22N4O/c1-19-10-14-15-6-11(7-16-14)8-18-5-4-12-2-3-13(9-18)17-12/h6-7,12-13,17H,2-5,8-10H2,1H3/t12-,13+/m1/s1. The molecule has 1 aromatic heterocycles. The van der Waals surface area contributed by atoms with E-state index in [0.717, 1.165) is 25.0 Å². The van der Waals surface area contributed by atoms with E-state index in [0.29, 0.717) is 12.6 Å². The molecule has 0 radical (unpaired) electrons. The average molecular weight is 262 g/mol. The van der Waals surface area contributed by atoms with Crippen LogP contribution in [0.15, 0.2) is 12.4 Å². The predicted molar refractivity (Wildman–Crippen MR) is 72.6 cm³/mol. The molecule has 2 fully saturated rings. The van der Waals surface area contributed by atoms with Gasteiger partial charge in [0.25, 0.3) is 0 Å². The van der Waals surface area contributed by atoms with Crippen molar-refractivity contribution in [2.45, 2.75) is 44.5 Å². The van der Waals surface area contributed by atoms with Crippen LogP contribution in [0.4, 0.5) is 0 Å². The first kappa shape index (κ1) is 13.0. The molecule has 3 heterocycles. The SMILES string of the molecule is COCc1ncc(CN2CC[C@H]3CC[C@@H](C2)N3)cn1. The summed E-state index contributed by atoms with van der Waals surface area (Å²) < 4.78 is 5.02. The minimum absolute atomic E-state index is 0.484. The first-order valence-electron chi connectivity index (χ1n) is 7.10. The van der Waals surface area contributed by atoms with Gasteiger partial charge in [0, 0.05) is 56.8 Å². The number of ether oxygens (including phenoxy) is 1. The topological polar surface area (TPSA) is 50.3 Å². The number of aromatic nitrogens is 2. The van der Waals surface area contributed by atoms with Gasteiger partial charge in [-0.25, -0.2) is 9.97 Å². The summed E-state index contributed by atoms with van der Waals surface area (Å²) in [6.07, 6.45) is 7.80. The van der Waals surface area contributed by atoms with Crippen LogP contribution in [0.5, 0.6) is 0 Å². The van der Waals surface area contributed by atoms with E-state index in [1.165, 1.54) is 31.4 Å². The van der Waals surface area contributed by atoms with Gasteiger partial charge in [-0.1, -0.05) is 0 Å². The van der Waals surface area contributed by atoms with E-state index < -0.39 is 0 Å². The maximum absolute atomic E-state index is 5.02. The Kier molecular flexibility index (Phi) is 4.06. The molecule has 0 unspecified atom stereocenters. The van der Waals surface area contributed by atoms with Gasteiger partial charge < -0.3 is 10.1 Å². The number of methoxy groups -OCH3 is 1. The first-order valence-corrected chi connectivity index (χ1v) is 7.10. The van der Waals surface area contributed by atoms with Crippen molar-refractivity contribution in [3.05, 3.63) is 23.8 Å². The number of rotatable bonds is 4. The Bertz CT molecular complexity index is 408. The zero-order chi connectivity index (χ0) is 13.1. The van der Waals surface area contributed by atoms with Crippen LogP contribution in [0.3, 0.4) is 0 Å². The maximum atomic E-state index is 5.02. The van der Waals surface area contributed by atoms with E-state index in [4.69, 9.17) is 4.74 Å². The van der Waals surface area contributed by atoms with E-state index in [1.54, 1.807) is 7.11 Å². The number of nitrogens with one attached hydrogen (secondary N) is 1. The first-order chi connectivity index (χ1) is 9.33. The van der Waals surface area contributed by atoms with Crippen molar-refractivity contribution in [2.24, 2.45) is 0 Å². The molecule has 2 aliphatic heterocycles. The fourth-order valence-corrected chi connectivity index (χ4v) is 3.08. The van der Waals surface area contributed by atoms with Crippen molar-refractivity contribution in [3.63, 3.8) is 0 Å². The van der Waals surface area contributed by atoms with Gasteiger partial charge >= 0.3 is 0 Å². The van der Waals surface area contributed by atoms with E-state index in [1.807, 2.05) is 12.4 Å². The molecule has 0 amide bonds. The third-order valence-electron chi connectivity index (χ3n) is 4.05. The van der Waals surface area contributed by atoms with Crippen LogP contribution in [-0.4, -0.2) is 47.2 Å². The Hall–Kier alpha value is -1.04. The number of fused-ring (bicyclic) bond motifs is 2. The fraction of sp³-hybridized carbons (Fsp3) is 0.714. The highest BCUT2D eigenvalue weighted by Crippen LogP contribution is 2.21. The Balaban J connectivity index is 1.58. The molecule has 5 nitrogen and oxygen atoms in total. The molecular formula is C14H22N4O. The molecule has 1 aromatic rings. The Labute approximate surface area is 114 Å². The molecule has 2 atom stereocenters. The number of likely N-dealkylation sites (tertiary alicyclic amines) is 1. The lowest BCUT2D eigenvalue weighted by molar-refractivity contribution is 0.177. The predicted octanol–water partition coefficient (Wildman–Crippen LogP) is 0.949. The monoisotopic (exact) mass is 262 g/mol. The van der Waals surface area contributed by atoms with Crippen LogP contribution in [0.2, 0.25) is 0 Å². The number of nitrogens with zero attached hydrogens (tertiary/aromatic N) is 3. The lowest BCUT2D eigenvalue weighted by Gasteiger charge is -2.23. The number of hydrogen-bond acceptors (Lipinski definition) is 5. The van der Waals surface area contributed by atoms with Gasteiger partial charge in [0.05, 0.1) is 0 Å². The summed E-state index contributed by atoms with van der Waals surface area (Å²) in [5.74, 6) is 0.753. The molecule has 0 saturated carbocycles. The van der Waals surface area contributed by atoms with Crippen molar-refractivity contribution >= 4 is 0 Å². The maximum Gasteiger partial charge on any atom is 0.153 e. The van der Waals surface area contributed by atoms with E-state index >= 15 is 0 Å². The van der Waals surface area contributed by atoms with Gasteiger partial charge in [0.15, 0.2) is 5.82 Å². The third kappa shape index (κ3) is 3.29. The molecule has 2 aliphatic rings. The quantitative estimate of drug-likeness (QED) is 0.875. The third-order valence-corrected chi connectivity index (χ3v) is 4.05.